The van der Waals surface area contributed by atoms with Crippen LogP contribution in [0.2, 0.25) is 0 Å². The van der Waals surface area contributed by atoms with Crippen molar-refractivity contribution < 1.29 is 5.11 Å². The molecule has 96 valence electrons. The minimum absolute atomic E-state index is 0.211. The van der Waals surface area contributed by atoms with Gasteiger partial charge in [0.25, 0.3) is 0 Å². The van der Waals surface area contributed by atoms with Crippen LogP contribution in [-0.4, -0.2) is 30.3 Å². The molecule has 0 saturated carbocycles. The molecule has 0 heterocycles. The van der Waals surface area contributed by atoms with E-state index in [1.54, 1.807) is 0 Å². The summed E-state index contributed by atoms with van der Waals surface area (Å²) in [6, 6.07) is 9.83. The number of aliphatic hydroxyl groups excluding tert-OH is 1. The number of hydrogen-bond donors (Lipinski definition) is 3. The molecular formula is C14H24N2O. The Labute approximate surface area is 104 Å². The average molecular weight is 236 g/mol. The molecule has 0 aliphatic rings. The molecule has 0 radical (unpaired) electrons. The molecule has 0 bridgehead atoms. The third kappa shape index (κ3) is 5.82. The molecule has 0 aliphatic carbocycles. The molecule has 0 aromatic heterocycles. The predicted molar refractivity (Wildman–Crippen MR) is 71.8 cm³/mol. The first-order chi connectivity index (χ1) is 8.09. The summed E-state index contributed by atoms with van der Waals surface area (Å²) in [5, 5.41) is 13.1. The molecule has 0 spiro atoms. The van der Waals surface area contributed by atoms with Crippen LogP contribution in [0.4, 0.5) is 0 Å². The van der Waals surface area contributed by atoms with Gasteiger partial charge >= 0.3 is 0 Å². The molecule has 0 fully saturated rings. The monoisotopic (exact) mass is 236 g/mol. The van der Waals surface area contributed by atoms with Crippen LogP contribution in [0.1, 0.15) is 19.4 Å². The van der Waals surface area contributed by atoms with E-state index >= 15 is 0 Å². The first-order valence-corrected chi connectivity index (χ1v) is 6.28. The minimum Gasteiger partial charge on any atom is -0.390 e. The third-order valence-corrected chi connectivity index (χ3v) is 2.71. The van der Waals surface area contributed by atoms with Gasteiger partial charge in [-0.25, -0.2) is 0 Å². The van der Waals surface area contributed by atoms with Gasteiger partial charge in [0.15, 0.2) is 0 Å². The fourth-order valence-electron chi connectivity index (χ4n) is 1.69. The molecule has 3 heteroatoms. The highest BCUT2D eigenvalue weighted by Crippen LogP contribution is 2.04. The Hall–Kier alpha value is -0.900. The zero-order chi connectivity index (χ0) is 12.7. The molecule has 0 amide bonds. The van der Waals surface area contributed by atoms with E-state index in [4.69, 9.17) is 5.73 Å². The molecule has 0 aliphatic heterocycles. The van der Waals surface area contributed by atoms with Crippen molar-refractivity contribution in [2.75, 3.05) is 13.1 Å². The van der Waals surface area contributed by atoms with Crippen LogP contribution < -0.4 is 11.1 Å². The maximum absolute atomic E-state index is 9.90. The Bertz CT molecular complexity index is 300. The minimum atomic E-state index is -0.492. The van der Waals surface area contributed by atoms with Crippen LogP contribution >= 0.6 is 0 Å². The summed E-state index contributed by atoms with van der Waals surface area (Å²) < 4.78 is 0. The van der Waals surface area contributed by atoms with Crippen molar-refractivity contribution in [2.45, 2.75) is 32.4 Å². The van der Waals surface area contributed by atoms with Gasteiger partial charge in [0, 0.05) is 12.6 Å². The molecule has 3 nitrogen and oxygen atoms in total. The second kappa shape index (κ2) is 7.43. The summed E-state index contributed by atoms with van der Waals surface area (Å²) in [6.45, 7) is 5.76. The van der Waals surface area contributed by atoms with E-state index in [-0.39, 0.29) is 6.04 Å². The van der Waals surface area contributed by atoms with Gasteiger partial charge in [-0.3, -0.25) is 0 Å². The number of benzene rings is 1. The Morgan fingerprint density at radius 3 is 2.41 bits per heavy atom. The first-order valence-electron chi connectivity index (χ1n) is 6.28. The number of nitrogens with two attached hydrogens (primary N) is 1. The van der Waals surface area contributed by atoms with Crippen molar-refractivity contribution in [3.05, 3.63) is 35.9 Å². The van der Waals surface area contributed by atoms with Crippen LogP contribution in [0, 0.1) is 5.92 Å². The zero-order valence-electron chi connectivity index (χ0n) is 10.8. The van der Waals surface area contributed by atoms with Gasteiger partial charge in [-0.15, -0.1) is 0 Å². The van der Waals surface area contributed by atoms with Gasteiger partial charge in [0.2, 0.25) is 0 Å². The standard InChI is InChI=1S/C14H24N2O/c1-11(2)9-16-10-14(17)13(15)8-12-6-4-3-5-7-12/h3-7,11,13-14,16-17H,8-10,15H2,1-2H3/t13-,14-/m0/s1. The summed E-state index contributed by atoms with van der Waals surface area (Å²) in [7, 11) is 0. The van der Waals surface area contributed by atoms with Crippen molar-refractivity contribution in [1.82, 2.24) is 5.32 Å². The maximum Gasteiger partial charge on any atom is 0.0818 e. The number of nitrogens with one attached hydrogen (secondary N) is 1. The highest BCUT2D eigenvalue weighted by atomic mass is 16.3. The number of aliphatic hydroxyl groups is 1. The van der Waals surface area contributed by atoms with Crippen LogP contribution in [0.25, 0.3) is 0 Å². The van der Waals surface area contributed by atoms with E-state index < -0.39 is 6.10 Å². The summed E-state index contributed by atoms with van der Waals surface area (Å²) >= 11 is 0. The first kappa shape index (κ1) is 14.2. The topological polar surface area (TPSA) is 58.3 Å². The molecule has 1 aromatic rings. The lowest BCUT2D eigenvalue weighted by atomic mass is 10.0. The lowest BCUT2D eigenvalue weighted by Gasteiger charge is -2.20. The Morgan fingerprint density at radius 1 is 1.18 bits per heavy atom. The Kier molecular flexibility index (Phi) is 6.19. The number of hydrogen-bond acceptors (Lipinski definition) is 3. The van der Waals surface area contributed by atoms with E-state index in [9.17, 15) is 5.11 Å². The van der Waals surface area contributed by atoms with E-state index in [0.717, 1.165) is 6.54 Å². The van der Waals surface area contributed by atoms with Crippen molar-refractivity contribution in [3.8, 4) is 0 Å². The Morgan fingerprint density at radius 2 is 1.82 bits per heavy atom. The van der Waals surface area contributed by atoms with Crippen LogP contribution in [0.5, 0.6) is 0 Å². The fraction of sp³-hybridized carbons (Fsp3) is 0.571. The molecule has 1 aromatic carbocycles. The average Bonchev–Trinajstić information content (AvgIpc) is 2.29. The molecule has 1 rings (SSSR count). The smallest absolute Gasteiger partial charge is 0.0818 e. The van der Waals surface area contributed by atoms with Gasteiger partial charge < -0.3 is 16.2 Å². The SMILES string of the molecule is CC(C)CNC[C@H](O)[C@@H](N)Cc1ccccc1. The van der Waals surface area contributed by atoms with E-state index in [1.807, 2.05) is 30.3 Å². The van der Waals surface area contributed by atoms with Crippen LogP contribution in [0.15, 0.2) is 30.3 Å². The quantitative estimate of drug-likeness (QED) is 0.666. The lowest BCUT2D eigenvalue weighted by molar-refractivity contribution is 0.141. The van der Waals surface area contributed by atoms with Crippen molar-refractivity contribution in [3.63, 3.8) is 0 Å². The summed E-state index contributed by atoms with van der Waals surface area (Å²) in [6.07, 6.45) is 0.222. The van der Waals surface area contributed by atoms with Gasteiger partial charge in [-0.1, -0.05) is 44.2 Å². The predicted octanol–water partition coefficient (Wildman–Crippen LogP) is 1.16. The van der Waals surface area contributed by atoms with Crippen molar-refractivity contribution in [2.24, 2.45) is 11.7 Å². The normalized spacial score (nSPS) is 14.9. The van der Waals surface area contributed by atoms with Crippen LogP contribution in [0.3, 0.4) is 0 Å². The van der Waals surface area contributed by atoms with E-state index in [0.29, 0.717) is 18.9 Å². The molecule has 0 saturated heterocycles. The van der Waals surface area contributed by atoms with Gasteiger partial charge in [0.1, 0.15) is 0 Å². The van der Waals surface area contributed by atoms with E-state index in [2.05, 4.69) is 19.2 Å². The molecule has 0 unspecified atom stereocenters. The Balaban J connectivity index is 2.29. The highest BCUT2D eigenvalue weighted by molar-refractivity contribution is 5.16. The molecular weight excluding hydrogens is 212 g/mol. The lowest BCUT2D eigenvalue weighted by Crippen LogP contribution is -2.43. The van der Waals surface area contributed by atoms with Crippen LogP contribution in [-0.2, 0) is 6.42 Å². The molecule has 2 atom stereocenters. The van der Waals surface area contributed by atoms with Crippen molar-refractivity contribution >= 4 is 0 Å². The summed E-state index contributed by atoms with van der Waals surface area (Å²) in [5.74, 6) is 0.590. The molecule has 4 N–H and O–H groups in total. The second-order valence-corrected chi connectivity index (χ2v) is 4.97. The maximum atomic E-state index is 9.90. The van der Waals surface area contributed by atoms with Crippen molar-refractivity contribution in [1.29, 1.82) is 0 Å². The zero-order valence-corrected chi connectivity index (χ0v) is 10.8. The summed E-state index contributed by atoms with van der Waals surface area (Å²) in [5.41, 5.74) is 7.15. The fourth-order valence-corrected chi connectivity index (χ4v) is 1.69. The van der Waals surface area contributed by atoms with Gasteiger partial charge in [-0.2, -0.15) is 0 Å². The largest absolute Gasteiger partial charge is 0.390 e. The second-order valence-electron chi connectivity index (χ2n) is 4.97. The van der Waals surface area contributed by atoms with E-state index in [1.165, 1.54) is 5.56 Å². The van der Waals surface area contributed by atoms with Gasteiger partial charge in [0.05, 0.1) is 6.10 Å². The third-order valence-electron chi connectivity index (χ3n) is 2.71. The summed E-state index contributed by atoms with van der Waals surface area (Å²) in [4.78, 5) is 0. The number of rotatable bonds is 7. The van der Waals surface area contributed by atoms with Gasteiger partial charge in [-0.05, 0) is 24.4 Å². The molecule has 17 heavy (non-hydrogen) atoms. The highest BCUT2D eigenvalue weighted by Gasteiger charge is 2.14.